The lowest BCUT2D eigenvalue weighted by molar-refractivity contribution is -0.299. The molecule has 11 nitrogen and oxygen atoms in total. The zero-order chi connectivity index (χ0) is 37.3. The van der Waals surface area contributed by atoms with E-state index in [1.165, 1.54) is 39.8 Å². The van der Waals surface area contributed by atoms with Gasteiger partial charge in [0.05, 0.1) is 24.5 Å². The maximum atomic E-state index is 14.9. The number of benzene rings is 1. The third kappa shape index (κ3) is 10.1. The Hall–Kier alpha value is -4.93. The molecule has 1 unspecified atom stereocenters. The van der Waals surface area contributed by atoms with Crippen molar-refractivity contribution in [2.75, 3.05) is 17.2 Å². The highest BCUT2D eigenvalue weighted by molar-refractivity contribution is 5.90. The van der Waals surface area contributed by atoms with Crippen LogP contribution in [0.15, 0.2) is 66.1 Å². The fourth-order valence-electron chi connectivity index (χ4n) is 4.45. The fourth-order valence-corrected chi connectivity index (χ4v) is 4.45. The van der Waals surface area contributed by atoms with Gasteiger partial charge in [0, 0.05) is 0 Å². The van der Waals surface area contributed by atoms with Gasteiger partial charge < -0.3 is 23.9 Å². The molecule has 17 heteroatoms. The van der Waals surface area contributed by atoms with Crippen LogP contribution in [0.25, 0.3) is 11.6 Å². The highest BCUT2D eigenvalue weighted by atomic mass is 19.4. The first-order chi connectivity index (χ1) is 23.3. The van der Waals surface area contributed by atoms with E-state index in [2.05, 4.69) is 39.0 Å². The number of nitrogens with zero attached hydrogens (tertiary/aromatic N) is 3. The van der Waals surface area contributed by atoms with Crippen LogP contribution in [0.3, 0.4) is 0 Å². The molecule has 0 saturated heterocycles. The number of esters is 1. The van der Waals surface area contributed by atoms with Crippen LogP contribution in [0.5, 0.6) is 0 Å². The van der Waals surface area contributed by atoms with Gasteiger partial charge in [-0.25, -0.2) is 14.6 Å². The number of halogens is 6. The number of pyridine rings is 1. The number of anilines is 2. The van der Waals surface area contributed by atoms with E-state index in [9.17, 15) is 35.9 Å². The summed E-state index contributed by atoms with van der Waals surface area (Å²) in [6.45, 7) is 12.3. The van der Waals surface area contributed by atoms with E-state index in [0.29, 0.717) is 11.6 Å². The molecule has 0 aliphatic rings. The average Bonchev–Trinajstić information content (AvgIpc) is 3.50. The molecule has 2 atom stereocenters. The van der Waals surface area contributed by atoms with E-state index < -0.39 is 89.2 Å². The standard InChI is InChI=1S/C33H37F6N5O6/c1-7-10-17-31(33(37,38)39,48-19-20-15-12-11-13-16-20)28-44-43-26(49-28)24-23(41-29(46)50-30(4,5)6)18-21(32(34,35)36)25(42-24)40-22(14-8-2)27(45)47-9-3/h7-8,11-13,15-16,18,22H,1-2,9-10,14,17,19H2,3-6H3,(H,40,42)(H,41,46)/t22?,31-/m1/s1. The SMILES string of the molecule is C=CCC[C@@](OCc1ccccc1)(c1nnc(-c2nc(NC(CC=C)C(=O)OCC)c(C(F)(F)F)cc2NC(=O)OC(C)(C)C)o1)C(F)(F)F. The molecule has 0 aliphatic carbocycles. The summed E-state index contributed by atoms with van der Waals surface area (Å²) < 4.78 is 109. The average molecular weight is 714 g/mol. The smallest absolute Gasteiger partial charge is 0.426 e. The maximum absolute atomic E-state index is 14.9. The van der Waals surface area contributed by atoms with Crippen LogP contribution in [0, 0.1) is 0 Å². The Balaban J connectivity index is 2.27. The lowest BCUT2D eigenvalue weighted by atomic mass is 9.96. The summed E-state index contributed by atoms with van der Waals surface area (Å²) in [5.41, 5.74) is -6.78. The minimum Gasteiger partial charge on any atom is -0.464 e. The van der Waals surface area contributed by atoms with Gasteiger partial charge in [-0.05, 0) is 58.6 Å². The van der Waals surface area contributed by atoms with Crippen LogP contribution in [0.1, 0.15) is 64.0 Å². The molecular weight excluding hydrogens is 676 g/mol. The van der Waals surface area contributed by atoms with Crippen LogP contribution in [-0.2, 0) is 37.4 Å². The number of hydrogen-bond donors (Lipinski definition) is 2. The van der Waals surface area contributed by atoms with Crippen LogP contribution < -0.4 is 10.6 Å². The molecule has 0 fully saturated rings. The number of ether oxygens (including phenoxy) is 3. The van der Waals surface area contributed by atoms with E-state index in [1.807, 2.05) is 0 Å². The quantitative estimate of drug-likeness (QED) is 0.0898. The predicted molar refractivity (Wildman–Crippen MR) is 170 cm³/mol. The number of carbonyl (C=O) groups excluding carboxylic acids is 2. The summed E-state index contributed by atoms with van der Waals surface area (Å²) in [4.78, 5) is 29.3. The van der Waals surface area contributed by atoms with Crippen LogP contribution in [-0.4, -0.2) is 51.7 Å². The highest BCUT2D eigenvalue weighted by Gasteiger charge is 2.61. The number of allylic oxidation sites excluding steroid dienone is 1. The topological polar surface area (TPSA) is 138 Å². The minimum absolute atomic E-state index is 0.0956. The molecule has 1 aromatic carbocycles. The van der Waals surface area contributed by atoms with Crippen molar-refractivity contribution < 1.29 is 54.6 Å². The number of hydrogen-bond acceptors (Lipinski definition) is 10. The fraction of sp³-hybridized carbons (Fsp3) is 0.424. The molecule has 0 bridgehead atoms. The van der Waals surface area contributed by atoms with Crippen molar-refractivity contribution in [1.82, 2.24) is 15.2 Å². The van der Waals surface area contributed by atoms with Crippen molar-refractivity contribution in [1.29, 1.82) is 0 Å². The van der Waals surface area contributed by atoms with Crippen molar-refractivity contribution in [2.24, 2.45) is 0 Å². The van der Waals surface area contributed by atoms with Gasteiger partial charge in [0.1, 0.15) is 17.5 Å². The Morgan fingerprint density at radius 3 is 2.26 bits per heavy atom. The highest BCUT2D eigenvalue weighted by Crippen LogP contribution is 2.47. The number of nitrogens with one attached hydrogen (secondary N) is 2. The molecule has 0 radical (unpaired) electrons. The van der Waals surface area contributed by atoms with Crippen LogP contribution >= 0.6 is 0 Å². The molecular formula is C33H37F6N5O6. The Bertz CT molecular complexity index is 1640. The third-order valence-electron chi connectivity index (χ3n) is 6.71. The Morgan fingerprint density at radius 2 is 1.70 bits per heavy atom. The van der Waals surface area contributed by atoms with Gasteiger partial charge in [-0.15, -0.1) is 23.4 Å². The van der Waals surface area contributed by atoms with Gasteiger partial charge in [-0.3, -0.25) is 5.32 Å². The van der Waals surface area contributed by atoms with E-state index in [-0.39, 0.29) is 19.4 Å². The monoisotopic (exact) mass is 713 g/mol. The normalized spacial score (nSPS) is 13.9. The first-order valence-electron chi connectivity index (χ1n) is 15.2. The van der Waals surface area contributed by atoms with Gasteiger partial charge in [0.25, 0.3) is 11.8 Å². The maximum Gasteiger partial charge on any atom is 0.426 e. The Labute approximate surface area is 284 Å². The van der Waals surface area contributed by atoms with Gasteiger partial charge >= 0.3 is 24.4 Å². The largest absolute Gasteiger partial charge is 0.464 e. The molecule has 3 aromatic rings. The number of carbonyl (C=O) groups is 2. The molecule has 0 spiro atoms. The first kappa shape index (κ1) is 39.5. The van der Waals surface area contributed by atoms with Crippen molar-refractivity contribution in [3.63, 3.8) is 0 Å². The number of amides is 1. The summed E-state index contributed by atoms with van der Waals surface area (Å²) in [6, 6.07) is 6.97. The van der Waals surface area contributed by atoms with Gasteiger partial charge in [-0.2, -0.15) is 26.3 Å². The Morgan fingerprint density at radius 1 is 1.02 bits per heavy atom. The summed E-state index contributed by atoms with van der Waals surface area (Å²) in [7, 11) is 0. The first-order valence-corrected chi connectivity index (χ1v) is 15.2. The van der Waals surface area contributed by atoms with E-state index in [4.69, 9.17) is 18.6 Å². The molecule has 3 rings (SSSR count). The summed E-state index contributed by atoms with van der Waals surface area (Å²) in [5, 5.41) is 11.8. The summed E-state index contributed by atoms with van der Waals surface area (Å²) in [6.07, 6.45) is -10.2. The lowest BCUT2D eigenvalue weighted by Crippen LogP contribution is -2.45. The molecule has 272 valence electrons. The molecule has 0 saturated carbocycles. The molecule has 2 heterocycles. The van der Waals surface area contributed by atoms with E-state index in [1.54, 1.807) is 30.3 Å². The van der Waals surface area contributed by atoms with Crippen LogP contribution in [0.2, 0.25) is 0 Å². The minimum atomic E-state index is -5.15. The zero-order valence-corrected chi connectivity index (χ0v) is 27.7. The summed E-state index contributed by atoms with van der Waals surface area (Å²) in [5.74, 6) is -3.81. The van der Waals surface area contributed by atoms with Crippen molar-refractivity contribution >= 4 is 23.6 Å². The molecule has 0 aliphatic heterocycles. The van der Waals surface area contributed by atoms with Crippen molar-refractivity contribution in [3.05, 3.63) is 78.7 Å². The Kier molecular flexibility index (Phi) is 12.8. The number of alkyl halides is 6. The number of rotatable bonds is 15. The van der Waals surface area contributed by atoms with Gasteiger partial charge in [0.2, 0.25) is 5.60 Å². The molecule has 2 aromatic heterocycles. The van der Waals surface area contributed by atoms with Gasteiger partial charge in [0.15, 0.2) is 5.69 Å². The van der Waals surface area contributed by atoms with E-state index in [0.717, 1.165) is 0 Å². The second-order valence-corrected chi connectivity index (χ2v) is 11.7. The molecule has 2 N–H and O–H groups in total. The second-order valence-electron chi connectivity index (χ2n) is 11.7. The van der Waals surface area contributed by atoms with Gasteiger partial charge in [-0.1, -0.05) is 42.5 Å². The third-order valence-corrected chi connectivity index (χ3v) is 6.71. The molecule has 1 amide bonds. The molecule has 50 heavy (non-hydrogen) atoms. The van der Waals surface area contributed by atoms with E-state index >= 15 is 0 Å². The second kappa shape index (κ2) is 16.2. The summed E-state index contributed by atoms with van der Waals surface area (Å²) >= 11 is 0. The lowest BCUT2D eigenvalue weighted by Gasteiger charge is -2.32. The van der Waals surface area contributed by atoms with Crippen LogP contribution in [0.4, 0.5) is 42.6 Å². The van der Waals surface area contributed by atoms with Crippen molar-refractivity contribution in [3.8, 4) is 11.6 Å². The predicted octanol–water partition coefficient (Wildman–Crippen LogP) is 8.36. The van der Waals surface area contributed by atoms with Crippen molar-refractivity contribution in [2.45, 2.75) is 83.2 Å². The number of aromatic nitrogens is 3. The zero-order valence-electron chi connectivity index (χ0n) is 27.7.